The Kier molecular flexibility index (Phi) is 6.01. The number of nitrogens with one attached hydrogen (secondary N) is 1. The van der Waals surface area contributed by atoms with Crippen molar-refractivity contribution >= 4 is 17.3 Å². The molecule has 2 aromatic rings. The molecule has 0 radical (unpaired) electrons. The fourth-order valence-electron chi connectivity index (χ4n) is 4.59. The van der Waals surface area contributed by atoms with Crippen LogP contribution in [0.4, 0.5) is 5.69 Å². The molecule has 1 N–H and O–H groups in total. The van der Waals surface area contributed by atoms with Crippen LogP contribution in [0.5, 0.6) is 0 Å². The van der Waals surface area contributed by atoms with Crippen LogP contribution in [0.2, 0.25) is 0 Å². The number of rotatable bonds is 7. The van der Waals surface area contributed by atoms with Crippen LogP contribution >= 0.6 is 0 Å². The lowest BCUT2D eigenvalue weighted by Crippen LogP contribution is -2.53. The summed E-state index contributed by atoms with van der Waals surface area (Å²) in [6.07, 6.45) is 4.08. The average molecular weight is 407 g/mol. The van der Waals surface area contributed by atoms with Crippen LogP contribution in [0.1, 0.15) is 52.0 Å². The average Bonchev–Trinajstić information content (AvgIpc) is 3.24. The van der Waals surface area contributed by atoms with Gasteiger partial charge in [0.25, 0.3) is 5.69 Å². The summed E-state index contributed by atoms with van der Waals surface area (Å²) in [7, 11) is 0. The molecule has 2 aliphatic rings. The third-order valence-corrected chi connectivity index (χ3v) is 6.09. The Morgan fingerprint density at radius 1 is 1.10 bits per heavy atom. The standard InChI is InChI=1S/C23H25N3O4/c27-21(17-6-3-7-19(13-17)26(29)30)14-16-5-1-2-8-20(16)22(28)15-18-10-11-24-23-9-4-12-25(18)23/h1-3,5-8,13,18,23-24H,4,9-12,14-15H2. The zero-order valence-electron chi connectivity index (χ0n) is 16.8. The highest BCUT2D eigenvalue weighted by Gasteiger charge is 2.34. The van der Waals surface area contributed by atoms with E-state index in [0.717, 1.165) is 32.4 Å². The van der Waals surface area contributed by atoms with E-state index in [0.29, 0.717) is 23.7 Å². The second-order valence-electron chi connectivity index (χ2n) is 7.98. The molecule has 0 aromatic heterocycles. The summed E-state index contributed by atoms with van der Waals surface area (Å²) in [5.41, 5.74) is 1.41. The molecule has 2 heterocycles. The molecule has 0 spiro atoms. The van der Waals surface area contributed by atoms with Crippen LogP contribution in [0.25, 0.3) is 0 Å². The van der Waals surface area contributed by atoms with Gasteiger partial charge in [-0.2, -0.15) is 0 Å². The van der Waals surface area contributed by atoms with Gasteiger partial charge in [0.05, 0.1) is 11.1 Å². The number of nitro groups is 1. The second kappa shape index (κ2) is 8.85. The molecule has 7 nitrogen and oxygen atoms in total. The molecule has 156 valence electrons. The maximum absolute atomic E-state index is 13.1. The Morgan fingerprint density at radius 2 is 1.93 bits per heavy atom. The predicted octanol–water partition coefficient (Wildman–Crippen LogP) is 3.38. The van der Waals surface area contributed by atoms with Crippen molar-refractivity contribution in [1.29, 1.82) is 0 Å². The molecule has 0 saturated carbocycles. The van der Waals surface area contributed by atoms with E-state index >= 15 is 0 Å². The predicted molar refractivity (Wildman–Crippen MR) is 113 cm³/mol. The molecule has 0 bridgehead atoms. The van der Waals surface area contributed by atoms with Gasteiger partial charge in [0, 0.05) is 48.7 Å². The van der Waals surface area contributed by atoms with E-state index in [1.165, 1.54) is 18.2 Å². The SMILES string of the molecule is O=C(Cc1ccccc1C(=O)CC1CCNC2CCCN12)c1cccc([N+](=O)[O-])c1. The van der Waals surface area contributed by atoms with Crippen molar-refractivity contribution < 1.29 is 14.5 Å². The molecule has 2 saturated heterocycles. The zero-order chi connectivity index (χ0) is 21.1. The van der Waals surface area contributed by atoms with Gasteiger partial charge in [0.2, 0.25) is 0 Å². The van der Waals surface area contributed by atoms with Gasteiger partial charge in [-0.25, -0.2) is 0 Å². The van der Waals surface area contributed by atoms with Crippen LogP contribution in [0.15, 0.2) is 48.5 Å². The summed E-state index contributed by atoms with van der Waals surface area (Å²) in [5.74, 6) is -0.185. The Hall–Kier alpha value is -2.90. The summed E-state index contributed by atoms with van der Waals surface area (Å²) >= 11 is 0. The highest BCUT2D eigenvalue weighted by molar-refractivity contribution is 6.02. The number of fused-ring (bicyclic) bond motifs is 1. The molecule has 0 aliphatic carbocycles. The van der Waals surface area contributed by atoms with E-state index in [9.17, 15) is 19.7 Å². The first-order chi connectivity index (χ1) is 14.5. The molecule has 2 aromatic carbocycles. The van der Waals surface area contributed by atoms with E-state index in [4.69, 9.17) is 0 Å². The molecule has 2 fully saturated rings. The van der Waals surface area contributed by atoms with Crippen molar-refractivity contribution in [1.82, 2.24) is 10.2 Å². The lowest BCUT2D eigenvalue weighted by atomic mass is 9.92. The van der Waals surface area contributed by atoms with Gasteiger partial charge < -0.3 is 5.32 Å². The van der Waals surface area contributed by atoms with Gasteiger partial charge in [0.1, 0.15) is 0 Å². The van der Waals surface area contributed by atoms with Crippen molar-refractivity contribution in [2.75, 3.05) is 13.1 Å². The smallest absolute Gasteiger partial charge is 0.270 e. The van der Waals surface area contributed by atoms with Crippen molar-refractivity contribution in [3.05, 3.63) is 75.3 Å². The maximum Gasteiger partial charge on any atom is 0.270 e. The highest BCUT2D eigenvalue weighted by atomic mass is 16.6. The molecule has 2 aliphatic heterocycles. The number of hydrogen-bond acceptors (Lipinski definition) is 6. The van der Waals surface area contributed by atoms with Gasteiger partial charge >= 0.3 is 0 Å². The molecule has 0 amide bonds. The van der Waals surface area contributed by atoms with Crippen LogP contribution in [0, 0.1) is 10.1 Å². The minimum absolute atomic E-state index is 0.0433. The van der Waals surface area contributed by atoms with Crippen LogP contribution in [-0.4, -0.2) is 46.7 Å². The largest absolute Gasteiger partial charge is 0.302 e. The molecule has 2 atom stereocenters. The van der Waals surface area contributed by atoms with Gasteiger partial charge in [0.15, 0.2) is 11.6 Å². The number of nitro benzene ring substituents is 1. The van der Waals surface area contributed by atoms with Crippen molar-refractivity contribution in [2.24, 2.45) is 0 Å². The fraction of sp³-hybridized carbons (Fsp3) is 0.391. The number of carbonyl (C=O) groups is 2. The molecule has 2 unspecified atom stereocenters. The number of carbonyl (C=O) groups excluding carboxylic acids is 2. The molecular weight excluding hydrogens is 382 g/mol. The van der Waals surface area contributed by atoms with Gasteiger partial charge in [-0.3, -0.25) is 24.6 Å². The molecule has 30 heavy (non-hydrogen) atoms. The zero-order valence-corrected chi connectivity index (χ0v) is 16.8. The van der Waals surface area contributed by atoms with Crippen molar-refractivity contribution in [3.8, 4) is 0 Å². The van der Waals surface area contributed by atoms with E-state index in [1.54, 1.807) is 18.2 Å². The first-order valence-corrected chi connectivity index (χ1v) is 10.4. The fourth-order valence-corrected chi connectivity index (χ4v) is 4.59. The van der Waals surface area contributed by atoms with Crippen LogP contribution in [-0.2, 0) is 6.42 Å². The lowest BCUT2D eigenvalue weighted by Gasteiger charge is -2.38. The number of hydrogen-bond donors (Lipinski definition) is 1. The van der Waals surface area contributed by atoms with Gasteiger partial charge in [-0.05, 0) is 31.4 Å². The van der Waals surface area contributed by atoms with Crippen molar-refractivity contribution in [3.63, 3.8) is 0 Å². The van der Waals surface area contributed by atoms with E-state index < -0.39 is 4.92 Å². The summed E-state index contributed by atoms with van der Waals surface area (Å²) in [6, 6.07) is 13.2. The van der Waals surface area contributed by atoms with Gasteiger partial charge in [-0.15, -0.1) is 0 Å². The van der Waals surface area contributed by atoms with Crippen molar-refractivity contribution in [2.45, 2.75) is 44.3 Å². The number of nitrogens with zero attached hydrogens (tertiary/aromatic N) is 2. The maximum atomic E-state index is 13.1. The van der Waals surface area contributed by atoms with E-state index in [1.807, 2.05) is 12.1 Å². The first-order valence-electron chi connectivity index (χ1n) is 10.4. The Morgan fingerprint density at radius 3 is 2.77 bits per heavy atom. The third-order valence-electron chi connectivity index (χ3n) is 6.09. The third kappa shape index (κ3) is 4.32. The van der Waals surface area contributed by atoms with E-state index in [-0.39, 0.29) is 35.3 Å². The van der Waals surface area contributed by atoms with Crippen LogP contribution in [0.3, 0.4) is 0 Å². The number of Topliss-reactive ketones (excluding diaryl/α,β-unsaturated/α-hetero) is 2. The minimum Gasteiger partial charge on any atom is -0.302 e. The molecular formula is C23H25N3O4. The number of non-ortho nitro benzene ring substituents is 1. The summed E-state index contributed by atoms with van der Waals surface area (Å²) < 4.78 is 0. The quantitative estimate of drug-likeness (QED) is 0.430. The second-order valence-corrected chi connectivity index (χ2v) is 7.98. The lowest BCUT2D eigenvalue weighted by molar-refractivity contribution is -0.384. The summed E-state index contributed by atoms with van der Waals surface area (Å²) in [4.78, 5) is 38.8. The Balaban J connectivity index is 1.49. The Bertz CT molecular complexity index is 974. The number of benzene rings is 2. The number of ketones is 2. The topological polar surface area (TPSA) is 92.6 Å². The van der Waals surface area contributed by atoms with E-state index in [2.05, 4.69) is 10.2 Å². The molecule has 4 rings (SSSR count). The summed E-state index contributed by atoms with van der Waals surface area (Å²) in [5, 5.41) is 14.5. The minimum atomic E-state index is -0.515. The molecule has 7 heteroatoms. The highest BCUT2D eigenvalue weighted by Crippen LogP contribution is 2.27. The normalized spacial score (nSPS) is 21.2. The summed E-state index contributed by atoms with van der Waals surface area (Å²) in [6.45, 7) is 1.94. The Labute approximate surface area is 175 Å². The first kappa shape index (κ1) is 20.4. The monoisotopic (exact) mass is 407 g/mol. The van der Waals surface area contributed by atoms with Crippen LogP contribution < -0.4 is 5.32 Å². The van der Waals surface area contributed by atoms with Gasteiger partial charge in [-0.1, -0.05) is 36.4 Å².